The minimum absolute atomic E-state index is 0.00354. The Morgan fingerprint density at radius 2 is 2.24 bits per heavy atom. The summed E-state index contributed by atoms with van der Waals surface area (Å²) < 4.78 is 5.23. The highest BCUT2D eigenvalue weighted by Crippen LogP contribution is 2.30. The Bertz CT molecular complexity index is 499. The zero-order valence-electron chi connectivity index (χ0n) is 13.4. The fourth-order valence-corrected chi connectivity index (χ4v) is 2.95. The lowest BCUT2D eigenvalue weighted by Gasteiger charge is -2.38. The molecule has 0 radical (unpaired) electrons. The Balaban J connectivity index is 2.04. The number of amides is 1. The zero-order chi connectivity index (χ0) is 15.5. The van der Waals surface area contributed by atoms with Gasteiger partial charge in [-0.15, -0.1) is 0 Å². The lowest BCUT2D eigenvalue weighted by Crippen LogP contribution is -2.55. The van der Waals surface area contributed by atoms with Gasteiger partial charge < -0.3 is 15.4 Å². The third-order valence-electron chi connectivity index (χ3n) is 4.34. The molecule has 1 aromatic carbocycles. The molecule has 1 aromatic rings. The quantitative estimate of drug-likeness (QED) is 0.896. The first-order valence-electron chi connectivity index (χ1n) is 7.62. The Labute approximate surface area is 127 Å². The van der Waals surface area contributed by atoms with Crippen LogP contribution in [0, 0.1) is 5.41 Å². The molecule has 1 aliphatic heterocycles. The van der Waals surface area contributed by atoms with E-state index in [1.807, 2.05) is 31.2 Å². The van der Waals surface area contributed by atoms with Crippen molar-refractivity contribution in [1.29, 1.82) is 0 Å². The van der Waals surface area contributed by atoms with Gasteiger partial charge in [-0.25, -0.2) is 0 Å². The Morgan fingerprint density at radius 3 is 2.90 bits per heavy atom. The minimum Gasteiger partial charge on any atom is -0.497 e. The van der Waals surface area contributed by atoms with E-state index in [4.69, 9.17) is 4.74 Å². The Morgan fingerprint density at radius 1 is 1.48 bits per heavy atom. The molecule has 0 bridgehead atoms. The molecule has 116 valence electrons. The van der Waals surface area contributed by atoms with Crippen LogP contribution in [0.25, 0.3) is 0 Å². The van der Waals surface area contributed by atoms with Gasteiger partial charge in [-0.2, -0.15) is 0 Å². The molecular weight excluding hydrogens is 264 g/mol. The molecule has 0 saturated carbocycles. The molecular formula is C17H26N2O2. The molecule has 2 N–H and O–H groups in total. The van der Waals surface area contributed by atoms with E-state index in [0.29, 0.717) is 0 Å². The fourth-order valence-electron chi connectivity index (χ4n) is 2.95. The summed E-state index contributed by atoms with van der Waals surface area (Å²) in [5, 5.41) is 6.47. The lowest BCUT2D eigenvalue weighted by molar-refractivity contribution is -0.127. The van der Waals surface area contributed by atoms with Crippen molar-refractivity contribution in [2.24, 2.45) is 5.41 Å². The fraction of sp³-hybridized carbons (Fsp3) is 0.588. The highest BCUT2D eigenvalue weighted by molar-refractivity contribution is 5.83. The van der Waals surface area contributed by atoms with Gasteiger partial charge in [-0.3, -0.25) is 4.79 Å². The van der Waals surface area contributed by atoms with Gasteiger partial charge in [0, 0.05) is 0 Å². The second kappa shape index (κ2) is 6.48. The van der Waals surface area contributed by atoms with Crippen LogP contribution >= 0.6 is 0 Å². The van der Waals surface area contributed by atoms with Gasteiger partial charge in [0.25, 0.3) is 0 Å². The van der Waals surface area contributed by atoms with Crippen molar-refractivity contribution < 1.29 is 9.53 Å². The number of methoxy groups -OCH3 is 1. The van der Waals surface area contributed by atoms with Crippen molar-refractivity contribution in [2.45, 2.75) is 45.7 Å². The van der Waals surface area contributed by atoms with Crippen molar-refractivity contribution >= 4 is 5.91 Å². The normalized spacial score (nSPS) is 22.4. The molecule has 1 fully saturated rings. The zero-order valence-corrected chi connectivity index (χ0v) is 13.4. The highest BCUT2D eigenvalue weighted by Gasteiger charge is 2.37. The minimum atomic E-state index is -0.126. The van der Waals surface area contributed by atoms with E-state index >= 15 is 0 Å². The van der Waals surface area contributed by atoms with Crippen molar-refractivity contribution in [1.82, 2.24) is 10.6 Å². The van der Waals surface area contributed by atoms with Crippen molar-refractivity contribution in [3.63, 3.8) is 0 Å². The summed E-state index contributed by atoms with van der Waals surface area (Å²) in [6, 6.07) is 7.66. The third-order valence-corrected chi connectivity index (χ3v) is 4.34. The first-order valence-corrected chi connectivity index (χ1v) is 7.62. The van der Waals surface area contributed by atoms with E-state index < -0.39 is 0 Å². The summed E-state index contributed by atoms with van der Waals surface area (Å²) in [5.41, 5.74) is 1.05. The van der Waals surface area contributed by atoms with Crippen LogP contribution in [0.3, 0.4) is 0 Å². The molecule has 21 heavy (non-hydrogen) atoms. The van der Waals surface area contributed by atoms with Crippen LogP contribution in [-0.2, 0) is 4.79 Å². The highest BCUT2D eigenvalue weighted by atomic mass is 16.5. The van der Waals surface area contributed by atoms with Gasteiger partial charge >= 0.3 is 0 Å². The van der Waals surface area contributed by atoms with E-state index in [9.17, 15) is 4.79 Å². The maximum Gasteiger partial charge on any atom is 0.238 e. The van der Waals surface area contributed by atoms with Crippen molar-refractivity contribution in [3.05, 3.63) is 29.8 Å². The van der Waals surface area contributed by atoms with Crippen LogP contribution in [0.15, 0.2) is 24.3 Å². The van der Waals surface area contributed by atoms with Crippen molar-refractivity contribution in [3.8, 4) is 5.75 Å². The van der Waals surface area contributed by atoms with E-state index in [-0.39, 0.29) is 23.4 Å². The maximum absolute atomic E-state index is 12.5. The van der Waals surface area contributed by atoms with E-state index in [1.54, 1.807) is 7.11 Å². The first kappa shape index (κ1) is 15.8. The number of nitrogens with one attached hydrogen (secondary N) is 2. The van der Waals surface area contributed by atoms with Crippen LogP contribution in [0.4, 0.5) is 0 Å². The van der Waals surface area contributed by atoms with Gasteiger partial charge in [0.2, 0.25) is 5.91 Å². The Hall–Kier alpha value is -1.55. The first-order chi connectivity index (χ1) is 9.94. The average Bonchev–Trinajstić information content (AvgIpc) is 2.46. The van der Waals surface area contributed by atoms with E-state index in [1.165, 1.54) is 0 Å². The second-order valence-corrected chi connectivity index (χ2v) is 6.49. The van der Waals surface area contributed by atoms with Crippen LogP contribution in [0.1, 0.15) is 45.2 Å². The summed E-state index contributed by atoms with van der Waals surface area (Å²) in [6.45, 7) is 7.22. The molecule has 4 nitrogen and oxygen atoms in total. The van der Waals surface area contributed by atoms with Crippen LogP contribution in [-0.4, -0.2) is 25.6 Å². The molecule has 2 unspecified atom stereocenters. The predicted octanol–water partition coefficient (Wildman–Crippen LogP) is 2.65. The van der Waals surface area contributed by atoms with Gasteiger partial charge in [0.1, 0.15) is 5.75 Å². The summed E-state index contributed by atoms with van der Waals surface area (Å²) in [5.74, 6) is 0.889. The number of benzene rings is 1. The molecule has 2 atom stereocenters. The molecule has 0 aliphatic carbocycles. The summed E-state index contributed by atoms with van der Waals surface area (Å²) >= 11 is 0. The SMILES string of the molecule is COc1cccc(C(C)NC(=O)C2NCCCC2(C)C)c1. The standard InChI is InChI=1S/C17H26N2O2/c1-12(13-7-5-8-14(11-13)21-4)19-16(20)15-17(2,3)9-6-10-18-15/h5,7-8,11-12,15,18H,6,9-10H2,1-4H3,(H,19,20). The average molecular weight is 290 g/mol. The number of carbonyl (C=O) groups is 1. The Kier molecular flexibility index (Phi) is 4.88. The number of rotatable bonds is 4. The number of hydrogen-bond acceptors (Lipinski definition) is 3. The van der Waals surface area contributed by atoms with Crippen LogP contribution < -0.4 is 15.4 Å². The second-order valence-electron chi connectivity index (χ2n) is 6.49. The number of piperidine rings is 1. The third kappa shape index (κ3) is 3.76. The molecule has 0 aromatic heterocycles. The predicted molar refractivity (Wildman–Crippen MR) is 84.4 cm³/mol. The van der Waals surface area contributed by atoms with Gasteiger partial charge in [0.15, 0.2) is 0 Å². The molecule has 0 spiro atoms. The smallest absolute Gasteiger partial charge is 0.238 e. The summed E-state index contributed by atoms with van der Waals surface area (Å²) in [6.07, 6.45) is 2.20. The maximum atomic E-state index is 12.5. The van der Waals surface area contributed by atoms with E-state index in [2.05, 4.69) is 24.5 Å². The van der Waals surface area contributed by atoms with Gasteiger partial charge in [-0.05, 0) is 49.4 Å². The molecule has 1 aliphatic rings. The summed E-state index contributed by atoms with van der Waals surface area (Å²) in [7, 11) is 1.65. The van der Waals surface area contributed by atoms with E-state index in [0.717, 1.165) is 30.7 Å². The lowest BCUT2D eigenvalue weighted by atomic mass is 9.77. The number of carbonyl (C=O) groups excluding carboxylic acids is 1. The van der Waals surface area contributed by atoms with Crippen LogP contribution in [0.5, 0.6) is 5.75 Å². The topological polar surface area (TPSA) is 50.4 Å². The number of hydrogen-bond donors (Lipinski definition) is 2. The molecule has 2 rings (SSSR count). The van der Waals surface area contributed by atoms with Crippen molar-refractivity contribution in [2.75, 3.05) is 13.7 Å². The van der Waals surface area contributed by atoms with Gasteiger partial charge in [0.05, 0.1) is 19.2 Å². The summed E-state index contributed by atoms with van der Waals surface area (Å²) in [4.78, 5) is 12.5. The monoisotopic (exact) mass is 290 g/mol. The molecule has 4 heteroatoms. The van der Waals surface area contributed by atoms with Gasteiger partial charge in [-0.1, -0.05) is 26.0 Å². The van der Waals surface area contributed by atoms with Crippen LogP contribution in [0.2, 0.25) is 0 Å². The number of ether oxygens (including phenoxy) is 1. The molecule has 1 saturated heterocycles. The molecule has 1 amide bonds. The largest absolute Gasteiger partial charge is 0.497 e. The molecule has 1 heterocycles.